The lowest BCUT2D eigenvalue weighted by Crippen LogP contribution is -2.12. The van der Waals surface area contributed by atoms with Gasteiger partial charge in [-0.3, -0.25) is 14.9 Å². The Kier molecular flexibility index (Phi) is 5.31. The third-order valence-electron chi connectivity index (χ3n) is 3.88. The molecule has 8 nitrogen and oxygen atoms in total. The topological polar surface area (TPSA) is 130 Å². The molecule has 2 heterocycles. The van der Waals surface area contributed by atoms with Crippen LogP contribution in [-0.2, 0) is 0 Å². The molecule has 2 aromatic heterocycles. The highest BCUT2D eigenvalue weighted by Gasteiger charge is 2.27. The van der Waals surface area contributed by atoms with Gasteiger partial charge in [-0.25, -0.2) is 13.6 Å². The van der Waals surface area contributed by atoms with E-state index in [9.17, 15) is 38.7 Å². The maximum Gasteiger partial charge on any atom is 0.339 e. The number of anilines is 1. The first-order valence-corrected chi connectivity index (χ1v) is 9.39. The first-order valence-electron chi connectivity index (χ1n) is 7.70. The van der Waals surface area contributed by atoms with Crippen molar-refractivity contribution in [2.75, 3.05) is 5.32 Å². The molecule has 0 atom stereocenters. The van der Waals surface area contributed by atoms with Crippen molar-refractivity contribution in [3.63, 3.8) is 0 Å². The van der Waals surface area contributed by atoms with Crippen LogP contribution in [0.25, 0.3) is 11.1 Å². The van der Waals surface area contributed by atoms with E-state index in [1.807, 2.05) is 0 Å². The molecule has 3 rings (SSSR count). The smallest absolute Gasteiger partial charge is 0.339 e. The molecule has 0 aliphatic heterocycles. The third-order valence-corrected chi connectivity index (χ3v) is 5.85. The zero-order valence-electron chi connectivity index (χ0n) is 14.4. The highest BCUT2D eigenvalue weighted by molar-refractivity contribution is 7.18. The summed E-state index contributed by atoms with van der Waals surface area (Å²) < 4.78 is 28.2. The lowest BCUT2D eigenvalue weighted by Gasteiger charge is -2.07. The zero-order valence-corrected chi connectivity index (χ0v) is 16.0. The average Bonchev–Trinajstić information content (AvgIpc) is 3.23. The number of nitro groups is 1. The summed E-state index contributed by atoms with van der Waals surface area (Å²) in [5, 5.41) is 32.8. The van der Waals surface area contributed by atoms with Crippen molar-refractivity contribution in [1.29, 1.82) is 0 Å². The van der Waals surface area contributed by atoms with Gasteiger partial charge in [0.2, 0.25) is 0 Å². The number of nitrogens with one attached hydrogen (secondary N) is 1. The monoisotopic (exact) mass is 440 g/mol. The van der Waals surface area contributed by atoms with E-state index in [2.05, 4.69) is 5.32 Å². The minimum Gasteiger partial charge on any atom is -0.506 e. The Bertz CT molecular complexity index is 1170. The summed E-state index contributed by atoms with van der Waals surface area (Å²) in [6.07, 6.45) is 0. The van der Waals surface area contributed by atoms with Crippen LogP contribution in [0.15, 0.2) is 23.6 Å². The summed E-state index contributed by atoms with van der Waals surface area (Å²) in [6.45, 7) is 1.35. The number of rotatable bonds is 5. The van der Waals surface area contributed by atoms with Crippen LogP contribution in [0.4, 0.5) is 18.8 Å². The number of halogens is 2. The van der Waals surface area contributed by atoms with E-state index >= 15 is 0 Å². The van der Waals surface area contributed by atoms with Crippen molar-refractivity contribution >= 4 is 44.6 Å². The molecule has 0 spiro atoms. The Morgan fingerprint density at radius 3 is 2.48 bits per heavy atom. The largest absolute Gasteiger partial charge is 0.506 e. The molecule has 1 aromatic carbocycles. The van der Waals surface area contributed by atoms with Gasteiger partial charge in [0.1, 0.15) is 21.2 Å². The van der Waals surface area contributed by atoms with Crippen LogP contribution < -0.4 is 5.32 Å². The molecule has 12 heteroatoms. The second-order valence-electron chi connectivity index (χ2n) is 5.73. The number of thiophene rings is 2. The van der Waals surface area contributed by atoms with Gasteiger partial charge in [-0.15, -0.1) is 11.3 Å². The summed E-state index contributed by atoms with van der Waals surface area (Å²) in [7, 11) is 0. The number of carbonyl (C=O) groups is 2. The van der Waals surface area contributed by atoms with Crippen molar-refractivity contribution < 1.29 is 33.5 Å². The quantitative estimate of drug-likeness (QED) is 0.392. The minimum atomic E-state index is -1.50. The highest BCUT2D eigenvalue weighted by atomic mass is 32.1. The summed E-state index contributed by atoms with van der Waals surface area (Å²) >= 11 is 1.15. The Morgan fingerprint density at radius 1 is 1.21 bits per heavy atom. The molecule has 3 aromatic rings. The van der Waals surface area contributed by atoms with Crippen molar-refractivity contribution in [2.24, 2.45) is 0 Å². The van der Waals surface area contributed by atoms with E-state index in [-0.39, 0.29) is 21.7 Å². The normalized spacial score (nSPS) is 10.7. The summed E-state index contributed by atoms with van der Waals surface area (Å²) in [4.78, 5) is 33.7. The van der Waals surface area contributed by atoms with Gasteiger partial charge in [0, 0.05) is 16.5 Å². The number of benzene rings is 1. The predicted molar refractivity (Wildman–Crippen MR) is 102 cm³/mol. The third kappa shape index (κ3) is 3.67. The molecule has 0 unspecified atom stereocenters. The molecule has 29 heavy (non-hydrogen) atoms. The Balaban J connectivity index is 2.02. The van der Waals surface area contributed by atoms with Crippen LogP contribution in [-0.4, -0.2) is 27.0 Å². The fraction of sp³-hybridized carbons (Fsp3) is 0.0588. The molecule has 150 valence electrons. The molecule has 3 N–H and O–H groups in total. The number of hydrogen-bond donors (Lipinski definition) is 3. The van der Waals surface area contributed by atoms with E-state index < -0.39 is 49.6 Å². The number of aryl methyl sites for hydroxylation is 1. The standard InChI is InChI=1S/C17H10F2N2O6S2/c1-6-2-3-7(13(19)12(6)18)8-5-28-16(11(8)17(24)25)20-15(23)14-9(22)4-10(29-14)21(26)27/h2-5,22H,1H3,(H,20,23)(H,24,25). The number of carboxylic acids is 1. The first-order chi connectivity index (χ1) is 13.6. The van der Waals surface area contributed by atoms with Gasteiger partial charge in [0.25, 0.3) is 5.91 Å². The van der Waals surface area contributed by atoms with Gasteiger partial charge in [-0.1, -0.05) is 23.5 Å². The van der Waals surface area contributed by atoms with Gasteiger partial charge in [-0.2, -0.15) is 0 Å². The maximum atomic E-state index is 14.3. The highest BCUT2D eigenvalue weighted by Crippen LogP contribution is 2.39. The molecule has 0 radical (unpaired) electrons. The SMILES string of the molecule is Cc1ccc(-c2csc(NC(=O)c3sc([N+](=O)[O-])cc3O)c2C(=O)O)c(F)c1F. The lowest BCUT2D eigenvalue weighted by molar-refractivity contribution is -0.380. The minimum absolute atomic E-state index is 0.0432. The summed E-state index contributed by atoms with van der Waals surface area (Å²) in [5.74, 6) is -5.47. The molecule has 0 bridgehead atoms. The van der Waals surface area contributed by atoms with Crippen molar-refractivity contribution in [3.05, 3.63) is 61.3 Å². The number of nitrogens with zero attached hydrogens (tertiary/aromatic N) is 1. The van der Waals surface area contributed by atoms with Gasteiger partial charge < -0.3 is 15.5 Å². The van der Waals surface area contributed by atoms with Crippen molar-refractivity contribution in [3.8, 4) is 16.9 Å². The van der Waals surface area contributed by atoms with Crippen LogP contribution in [0.5, 0.6) is 5.75 Å². The Morgan fingerprint density at radius 2 is 1.90 bits per heavy atom. The second-order valence-corrected chi connectivity index (χ2v) is 7.64. The van der Waals surface area contributed by atoms with E-state index in [1.165, 1.54) is 24.4 Å². The zero-order chi connectivity index (χ0) is 21.5. The van der Waals surface area contributed by atoms with Crippen LogP contribution in [0.1, 0.15) is 25.6 Å². The molecule has 0 saturated carbocycles. The van der Waals surface area contributed by atoms with Crippen molar-refractivity contribution in [1.82, 2.24) is 0 Å². The fourth-order valence-corrected chi connectivity index (χ4v) is 4.20. The molecular formula is C17H10F2N2O6S2. The first kappa shape index (κ1) is 20.4. The number of aromatic carboxylic acids is 1. The Labute approximate surface area is 168 Å². The van der Waals surface area contributed by atoms with Crippen LogP contribution in [0, 0.1) is 28.7 Å². The van der Waals surface area contributed by atoms with E-state index in [1.54, 1.807) is 0 Å². The fourth-order valence-electron chi connectivity index (χ4n) is 2.50. The average molecular weight is 440 g/mol. The summed E-state index contributed by atoms with van der Waals surface area (Å²) in [6, 6.07) is 3.31. The van der Waals surface area contributed by atoms with E-state index in [4.69, 9.17) is 0 Å². The number of carboxylic acid groups (broad SMARTS) is 1. The molecular weight excluding hydrogens is 430 g/mol. The number of amides is 1. The molecule has 1 amide bonds. The maximum absolute atomic E-state index is 14.3. The number of aromatic hydroxyl groups is 1. The van der Waals surface area contributed by atoms with Crippen LogP contribution in [0.3, 0.4) is 0 Å². The second kappa shape index (κ2) is 7.56. The van der Waals surface area contributed by atoms with Crippen molar-refractivity contribution in [2.45, 2.75) is 6.92 Å². The van der Waals surface area contributed by atoms with E-state index in [0.29, 0.717) is 11.3 Å². The number of carbonyl (C=O) groups excluding carboxylic acids is 1. The van der Waals surface area contributed by atoms with Gasteiger partial charge in [0.05, 0.1) is 11.0 Å². The number of hydrogen-bond acceptors (Lipinski definition) is 7. The van der Waals surface area contributed by atoms with Crippen LogP contribution in [0.2, 0.25) is 0 Å². The molecule has 0 fully saturated rings. The molecule has 0 saturated heterocycles. The van der Waals surface area contributed by atoms with Gasteiger partial charge >= 0.3 is 11.0 Å². The van der Waals surface area contributed by atoms with Crippen LogP contribution >= 0.6 is 22.7 Å². The lowest BCUT2D eigenvalue weighted by atomic mass is 10.0. The van der Waals surface area contributed by atoms with E-state index in [0.717, 1.165) is 17.4 Å². The summed E-state index contributed by atoms with van der Waals surface area (Å²) in [5.41, 5.74) is -0.870. The van der Waals surface area contributed by atoms with Gasteiger partial charge in [-0.05, 0) is 12.5 Å². The molecule has 0 aliphatic rings. The molecule has 0 aliphatic carbocycles. The Hall–Kier alpha value is -3.38. The van der Waals surface area contributed by atoms with Gasteiger partial charge in [0.15, 0.2) is 11.6 Å². The predicted octanol–water partition coefficient (Wildman–Crippen LogP) is 4.63.